The van der Waals surface area contributed by atoms with Gasteiger partial charge in [0.1, 0.15) is 10.6 Å². The first-order valence-corrected chi connectivity index (χ1v) is 8.73. The third-order valence-corrected chi connectivity index (χ3v) is 4.79. The Bertz CT molecular complexity index is 802. The van der Waals surface area contributed by atoms with Crippen molar-refractivity contribution in [3.8, 4) is 5.75 Å². The molecule has 2 aromatic rings. The molecule has 23 heavy (non-hydrogen) atoms. The van der Waals surface area contributed by atoms with Crippen molar-refractivity contribution in [1.29, 1.82) is 0 Å². The number of sulfonamides is 1. The predicted molar refractivity (Wildman–Crippen MR) is 83.6 cm³/mol. The number of ether oxygens (including phenoxy) is 1. The van der Waals surface area contributed by atoms with Gasteiger partial charge in [-0.25, -0.2) is 13.1 Å². The average Bonchev–Trinajstić information content (AvgIpc) is 3.38. The summed E-state index contributed by atoms with van der Waals surface area (Å²) in [6, 6.07) is 9.47. The Morgan fingerprint density at radius 2 is 2.00 bits per heavy atom. The van der Waals surface area contributed by atoms with E-state index < -0.39 is 15.9 Å². The van der Waals surface area contributed by atoms with Crippen molar-refractivity contribution in [3.05, 3.63) is 54.4 Å². The van der Waals surface area contributed by atoms with Crippen LogP contribution in [0.3, 0.4) is 0 Å². The van der Waals surface area contributed by atoms with E-state index in [9.17, 15) is 13.2 Å². The SMILES string of the molecule is O=C(NS(=O)(=O)c1cccnc1)c1ccccc1OCC1CC1. The number of nitrogens with one attached hydrogen (secondary N) is 1. The molecule has 1 heterocycles. The molecule has 1 saturated carbocycles. The van der Waals surface area contributed by atoms with Crippen LogP contribution in [-0.4, -0.2) is 25.9 Å². The lowest BCUT2D eigenvalue weighted by Crippen LogP contribution is -2.31. The van der Waals surface area contributed by atoms with Crippen LogP contribution in [0.25, 0.3) is 0 Å². The molecule has 0 bridgehead atoms. The summed E-state index contributed by atoms with van der Waals surface area (Å²) in [6.45, 7) is 0.541. The zero-order valence-electron chi connectivity index (χ0n) is 12.3. The Labute approximate surface area is 134 Å². The molecule has 120 valence electrons. The van der Waals surface area contributed by atoms with Crippen LogP contribution < -0.4 is 9.46 Å². The Morgan fingerprint density at radius 3 is 2.70 bits per heavy atom. The minimum Gasteiger partial charge on any atom is -0.492 e. The molecule has 0 radical (unpaired) electrons. The summed E-state index contributed by atoms with van der Waals surface area (Å²) >= 11 is 0. The Balaban J connectivity index is 1.77. The minimum absolute atomic E-state index is 0.0651. The van der Waals surface area contributed by atoms with Crippen LogP contribution in [-0.2, 0) is 10.0 Å². The van der Waals surface area contributed by atoms with E-state index in [0.717, 1.165) is 12.8 Å². The third kappa shape index (κ3) is 3.87. The van der Waals surface area contributed by atoms with E-state index in [4.69, 9.17) is 4.74 Å². The van der Waals surface area contributed by atoms with Crippen molar-refractivity contribution >= 4 is 15.9 Å². The fourth-order valence-electron chi connectivity index (χ4n) is 2.01. The number of carbonyl (C=O) groups excluding carboxylic acids is 1. The number of rotatable bonds is 6. The summed E-state index contributed by atoms with van der Waals surface area (Å²) in [4.78, 5) is 16.0. The summed E-state index contributed by atoms with van der Waals surface area (Å²) in [5, 5.41) is 0. The molecule has 1 aliphatic carbocycles. The van der Waals surface area contributed by atoms with Gasteiger partial charge in [0.05, 0.1) is 12.2 Å². The van der Waals surface area contributed by atoms with Gasteiger partial charge in [-0.15, -0.1) is 0 Å². The molecule has 1 aliphatic rings. The minimum atomic E-state index is -3.96. The molecular formula is C16H16N2O4S. The van der Waals surface area contributed by atoms with Crippen LogP contribution in [0.4, 0.5) is 0 Å². The highest BCUT2D eigenvalue weighted by atomic mass is 32.2. The molecule has 1 N–H and O–H groups in total. The van der Waals surface area contributed by atoms with Gasteiger partial charge in [-0.05, 0) is 43.0 Å². The molecule has 7 heteroatoms. The first-order chi connectivity index (χ1) is 11.1. The fraction of sp³-hybridized carbons (Fsp3) is 0.250. The van der Waals surface area contributed by atoms with E-state index in [2.05, 4.69) is 4.98 Å². The maximum absolute atomic E-state index is 12.3. The summed E-state index contributed by atoms with van der Waals surface area (Å²) in [5.74, 6) is 0.198. The van der Waals surface area contributed by atoms with Crippen molar-refractivity contribution < 1.29 is 17.9 Å². The number of para-hydroxylation sites is 1. The first-order valence-electron chi connectivity index (χ1n) is 7.25. The summed E-state index contributed by atoms with van der Waals surface area (Å²) < 4.78 is 32.1. The van der Waals surface area contributed by atoms with E-state index in [0.29, 0.717) is 18.3 Å². The molecule has 1 aromatic carbocycles. The highest BCUT2D eigenvalue weighted by Crippen LogP contribution is 2.30. The van der Waals surface area contributed by atoms with E-state index in [-0.39, 0.29) is 10.5 Å². The van der Waals surface area contributed by atoms with Crippen LogP contribution in [0.5, 0.6) is 5.75 Å². The van der Waals surface area contributed by atoms with Crippen molar-refractivity contribution in [2.24, 2.45) is 5.92 Å². The molecule has 1 fully saturated rings. The van der Waals surface area contributed by atoms with E-state index in [1.165, 1.54) is 30.6 Å². The van der Waals surface area contributed by atoms with Gasteiger partial charge in [-0.2, -0.15) is 0 Å². The maximum Gasteiger partial charge on any atom is 0.268 e. The van der Waals surface area contributed by atoms with Gasteiger partial charge in [-0.3, -0.25) is 9.78 Å². The third-order valence-electron chi connectivity index (χ3n) is 3.47. The zero-order chi connectivity index (χ0) is 16.3. The van der Waals surface area contributed by atoms with Gasteiger partial charge in [0.25, 0.3) is 15.9 Å². The molecular weight excluding hydrogens is 316 g/mol. The summed E-state index contributed by atoms with van der Waals surface area (Å²) in [7, 11) is -3.96. The monoisotopic (exact) mass is 332 g/mol. The maximum atomic E-state index is 12.3. The first kappa shape index (κ1) is 15.5. The molecule has 0 saturated heterocycles. The lowest BCUT2D eigenvalue weighted by atomic mass is 10.2. The van der Waals surface area contributed by atoms with E-state index in [1.807, 2.05) is 4.72 Å². The van der Waals surface area contributed by atoms with Gasteiger partial charge < -0.3 is 4.74 Å². The number of nitrogens with zero attached hydrogens (tertiary/aromatic N) is 1. The normalized spacial score (nSPS) is 14.3. The molecule has 3 rings (SSSR count). The van der Waals surface area contributed by atoms with Gasteiger partial charge in [0, 0.05) is 12.4 Å². The van der Waals surface area contributed by atoms with E-state index >= 15 is 0 Å². The lowest BCUT2D eigenvalue weighted by Gasteiger charge is -2.11. The Morgan fingerprint density at radius 1 is 1.22 bits per heavy atom. The number of amides is 1. The number of pyridine rings is 1. The largest absolute Gasteiger partial charge is 0.492 e. The van der Waals surface area contributed by atoms with Crippen LogP contribution in [0.2, 0.25) is 0 Å². The summed E-state index contributed by atoms with van der Waals surface area (Å²) in [6.07, 6.45) is 4.90. The van der Waals surface area contributed by atoms with Gasteiger partial charge in [-0.1, -0.05) is 12.1 Å². The van der Waals surface area contributed by atoms with Gasteiger partial charge in [0.2, 0.25) is 0 Å². The van der Waals surface area contributed by atoms with Crippen LogP contribution in [0, 0.1) is 5.92 Å². The highest BCUT2D eigenvalue weighted by molar-refractivity contribution is 7.90. The zero-order valence-corrected chi connectivity index (χ0v) is 13.1. The standard InChI is InChI=1S/C16H16N2O4S/c19-16(18-23(20,21)13-4-3-9-17-10-13)14-5-1-2-6-15(14)22-11-12-7-8-12/h1-6,9-10,12H,7-8,11H2,(H,18,19). The fourth-order valence-corrected chi connectivity index (χ4v) is 2.94. The number of hydrogen-bond donors (Lipinski definition) is 1. The smallest absolute Gasteiger partial charge is 0.268 e. The molecule has 0 aliphatic heterocycles. The second kappa shape index (κ2) is 6.37. The quantitative estimate of drug-likeness (QED) is 0.874. The van der Waals surface area contributed by atoms with Crippen molar-refractivity contribution in [1.82, 2.24) is 9.71 Å². The molecule has 0 atom stereocenters. The molecule has 1 aromatic heterocycles. The Kier molecular flexibility index (Phi) is 4.29. The molecule has 6 nitrogen and oxygen atoms in total. The molecule has 0 unspecified atom stereocenters. The van der Waals surface area contributed by atoms with Crippen molar-refractivity contribution in [3.63, 3.8) is 0 Å². The topological polar surface area (TPSA) is 85.4 Å². The van der Waals surface area contributed by atoms with Crippen LogP contribution >= 0.6 is 0 Å². The Hall–Kier alpha value is -2.41. The molecule has 1 amide bonds. The number of aromatic nitrogens is 1. The van der Waals surface area contributed by atoms with Crippen molar-refractivity contribution in [2.75, 3.05) is 6.61 Å². The number of carbonyl (C=O) groups is 1. The summed E-state index contributed by atoms with van der Waals surface area (Å²) in [5.41, 5.74) is 0.195. The number of benzene rings is 1. The highest BCUT2D eigenvalue weighted by Gasteiger charge is 2.24. The van der Waals surface area contributed by atoms with E-state index in [1.54, 1.807) is 18.2 Å². The van der Waals surface area contributed by atoms with Crippen molar-refractivity contribution in [2.45, 2.75) is 17.7 Å². The van der Waals surface area contributed by atoms with Gasteiger partial charge in [0.15, 0.2) is 0 Å². The molecule has 0 spiro atoms. The average molecular weight is 332 g/mol. The number of hydrogen-bond acceptors (Lipinski definition) is 5. The van der Waals surface area contributed by atoms with Crippen LogP contribution in [0.1, 0.15) is 23.2 Å². The second-order valence-electron chi connectivity index (χ2n) is 5.37. The predicted octanol–water partition coefficient (Wildman–Crippen LogP) is 1.99. The lowest BCUT2D eigenvalue weighted by molar-refractivity contribution is 0.0977. The second-order valence-corrected chi connectivity index (χ2v) is 7.06. The van der Waals surface area contributed by atoms with Crippen LogP contribution in [0.15, 0.2) is 53.7 Å². The van der Waals surface area contributed by atoms with Gasteiger partial charge >= 0.3 is 0 Å².